The highest BCUT2D eigenvalue weighted by Crippen LogP contribution is 2.29. The van der Waals surface area contributed by atoms with Gasteiger partial charge in [-0.2, -0.15) is 0 Å². The summed E-state index contributed by atoms with van der Waals surface area (Å²) in [5.41, 5.74) is 6.12. The molecule has 4 heteroatoms. The molecule has 1 atom stereocenters. The van der Waals surface area contributed by atoms with Crippen LogP contribution >= 0.6 is 0 Å². The van der Waals surface area contributed by atoms with Gasteiger partial charge in [-0.1, -0.05) is 13.8 Å². The molecule has 4 nitrogen and oxygen atoms in total. The summed E-state index contributed by atoms with van der Waals surface area (Å²) < 4.78 is 5.69. The molecule has 1 aromatic carbocycles. The number of benzene rings is 1. The number of nitrogens with one attached hydrogen (secondary N) is 1. The first-order valence-electron chi connectivity index (χ1n) is 8.17. The minimum atomic E-state index is -0.369. The van der Waals surface area contributed by atoms with Crippen LogP contribution in [-0.4, -0.2) is 24.6 Å². The van der Waals surface area contributed by atoms with Crippen molar-refractivity contribution < 1.29 is 9.53 Å². The van der Waals surface area contributed by atoms with Gasteiger partial charge >= 0.3 is 0 Å². The Hall–Kier alpha value is -1.55. The summed E-state index contributed by atoms with van der Waals surface area (Å²) in [6.45, 7) is 7.47. The van der Waals surface area contributed by atoms with Gasteiger partial charge in [-0.3, -0.25) is 4.79 Å². The molecule has 1 unspecified atom stereocenters. The predicted octanol–water partition coefficient (Wildman–Crippen LogP) is 2.97. The van der Waals surface area contributed by atoms with Gasteiger partial charge in [0.2, 0.25) is 0 Å². The Labute approximate surface area is 133 Å². The van der Waals surface area contributed by atoms with E-state index in [2.05, 4.69) is 19.2 Å². The van der Waals surface area contributed by atoms with Crippen LogP contribution in [0.15, 0.2) is 24.3 Å². The van der Waals surface area contributed by atoms with E-state index >= 15 is 0 Å². The van der Waals surface area contributed by atoms with Crippen LogP contribution in [0.5, 0.6) is 5.75 Å². The molecule has 1 fully saturated rings. The number of hydrogen-bond acceptors (Lipinski definition) is 3. The second-order valence-electron chi connectivity index (χ2n) is 7.10. The highest BCUT2D eigenvalue weighted by molar-refractivity contribution is 5.94. The van der Waals surface area contributed by atoms with E-state index in [1.807, 2.05) is 31.2 Å². The molecule has 1 aliphatic carbocycles. The molecule has 22 heavy (non-hydrogen) atoms. The molecule has 122 valence electrons. The van der Waals surface area contributed by atoms with Gasteiger partial charge in [-0.15, -0.1) is 0 Å². The molecule has 0 saturated heterocycles. The zero-order chi connectivity index (χ0) is 16.2. The molecule has 0 radical (unpaired) electrons. The Morgan fingerprint density at radius 3 is 2.50 bits per heavy atom. The molecular weight excluding hydrogens is 276 g/mol. The molecule has 0 aromatic heterocycles. The SMILES string of the molecule is CC(C)CC(C)(CN)NC(=O)c1ccc(OCC2CC2)cc1. The van der Waals surface area contributed by atoms with Crippen molar-refractivity contribution in [3.05, 3.63) is 29.8 Å². The molecule has 0 heterocycles. The Morgan fingerprint density at radius 2 is 2.00 bits per heavy atom. The summed E-state index contributed by atoms with van der Waals surface area (Å²) in [5, 5.41) is 3.07. The highest BCUT2D eigenvalue weighted by atomic mass is 16.5. The van der Waals surface area contributed by atoms with E-state index < -0.39 is 0 Å². The normalized spacial score (nSPS) is 17.1. The third-order valence-electron chi connectivity index (χ3n) is 4.02. The van der Waals surface area contributed by atoms with E-state index in [0.717, 1.165) is 24.7 Å². The molecule has 1 aliphatic rings. The van der Waals surface area contributed by atoms with Crippen LogP contribution in [0.2, 0.25) is 0 Å². The second-order valence-corrected chi connectivity index (χ2v) is 7.10. The molecule has 1 saturated carbocycles. The molecule has 0 aliphatic heterocycles. The largest absolute Gasteiger partial charge is 0.493 e. The van der Waals surface area contributed by atoms with Gasteiger partial charge in [0.15, 0.2) is 0 Å². The molecule has 3 N–H and O–H groups in total. The summed E-state index contributed by atoms with van der Waals surface area (Å²) in [4.78, 5) is 12.4. The lowest BCUT2D eigenvalue weighted by Crippen LogP contribution is -2.52. The summed E-state index contributed by atoms with van der Waals surface area (Å²) in [6.07, 6.45) is 3.40. The van der Waals surface area contributed by atoms with E-state index in [1.54, 1.807) is 0 Å². The fraction of sp³-hybridized carbons (Fsp3) is 0.611. The van der Waals surface area contributed by atoms with Crippen LogP contribution < -0.4 is 15.8 Å². The maximum absolute atomic E-state index is 12.4. The smallest absolute Gasteiger partial charge is 0.251 e. The second kappa shape index (κ2) is 7.14. The molecular formula is C18H28N2O2. The minimum absolute atomic E-state index is 0.0812. The fourth-order valence-corrected chi connectivity index (χ4v) is 2.63. The van der Waals surface area contributed by atoms with Crippen molar-refractivity contribution in [3.63, 3.8) is 0 Å². The highest BCUT2D eigenvalue weighted by Gasteiger charge is 2.26. The standard InChI is InChI=1S/C18H28N2O2/c1-13(2)10-18(3,12-19)20-17(21)15-6-8-16(9-7-15)22-11-14-4-5-14/h6-9,13-14H,4-5,10-12,19H2,1-3H3,(H,20,21). The van der Waals surface area contributed by atoms with Gasteiger partial charge < -0.3 is 15.8 Å². The Bertz CT molecular complexity index is 494. The van der Waals surface area contributed by atoms with Crippen LogP contribution in [-0.2, 0) is 0 Å². The number of carbonyl (C=O) groups excluding carboxylic acids is 1. The van der Waals surface area contributed by atoms with Crippen LogP contribution in [0.4, 0.5) is 0 Å². The van der Waals surface area contributed by atoms with E-state index in [9.17, 15) is 4.79 Å². The average molecular weight is 304 g/mol. The number of carbonyl (C=O) groups is 1. The quantitative estimate of drug-likeness (QED) is 0.776. The Balaban J connectivity index is 1.93. The number of rotatable bonds is 8. The van der Waals surface area contributed by atoms with Crippen molar-refractivity contribution >= 4 is 5.91 Å². The first kappa shape index (κ1) is 16.8. The first-order chi connectivity index (χ1) is 10.4. The van der Waals surface area contributed by atoms with E-state index in [0.29, 0.717) is 18.0 Å². The number of hydrogen-bond donors (Lipinski definition) is 2. The molecule has 2 rings (SSSR count). The Morgan fingerprint density at radius 1 is 1.36 bits per heavy atom. The van der Waals surface area contributed by atoms with Crippen LogP contribution in [0.25, 0.3) is 0 Å². The fourth-order valence-electron chi connectivity index (χ4n) is 2.63. The lowest BCUT2D eigenvalue weighted by molar-refractivity contribution is 0.0898. The van der Waals surface area contributed by atoms with Gasteiger partial charge in [0, 0.05) is 17.6 Å². The van der Waals surface area contributed by atoms with Gasteiger partial charge in [0.1, 0.15) is 5.75 Å². The molecule has 0 bridgehead atoms. The summed E-state index contributed by atoms with van der Waals surface area (Å²) in [6, 6.07) is 7.34. The van der Waals surface area contributed by atoms with Gasteiger partial charge in [-0.25, -0.2) is 0 Å². The van der Waals surface area contributed by atoms with Crippen molar-refractivity contribution in [2.75, 3.05) is 13.2 Å². The minimum Gasteiger partial charge on any atom is -0.493 e. The van der Waals surface area contributed by atoms with Crippen LogP contribution in [0.3, 0.4) is 0 Å². The molecule has 1 aromatic rings. The number of amides is 1. The number of nitrogens with two attached hydrogens (primary N) is 1. The lowest BCUT2D eigenvalue weighted by Gasteiger charge is -2.31. The zero-order valence-electron chi connectivity index (χ0n) is 13.9. The van der Waals surface area contributed by atoms with Crippen molar-refractivity contribution in [1.82, 2.24) is 5.32 Å². The topological polar surface area (TPSA) is 64.3 Å². The van der Waals surface area contributed by atoms with Crippen molar-refractivity contribution in [2.45, 2.75) is 45.6 Å². The van der Waals surface area contributed by atoms with E-state index in [4.69, 9.17) is 10.5 Å². The number of ether oxygens (including phenoxy) is 1. The van der Waals surface area contributed by atoms with Crippen molar-refractivity contribution in [1.29, 1.82) is 0 Å². The predicted molar refractivity (Wildman–Crippen MR) is 89.0 cm³/mol. The Kier molecular flexibility index (Phi) is 5.46. The van der Waals surface area contributed by atoms with E-state index in [1.165, 1.54) is 12.8 Å². The lowest BCUT2D eigenvalue weighted by atomic mass is 9.90. The summed E-state index contributed by atoms with van der Waals surface area (Å²) >= 11 is 0. The molecule has 0 spiro atoms. The average Bonchev–Trinajstić information content (AvgIpc) is 3.29. The summed E-state index contributed by atoms with van der Waals surface area (Å²) in [7, 11) is 0. The maximum atomic E-state index is 12.4. The maximum Gasteiger partial charge on any atom is 0.251 e. The van der Waals surface area contributed by atoms with Gasteiger partial charge in [0.25, 0.3) is 5.91 Å². The zero-order valence-corrected chi connectivity index (χ0v) is 13.9. The van der Waals surface area contributed by atoms with Crippen LogP contribution in [0.1, 0.15) is 50.4 Å². The monoisotopic (exact) mass is 304 g/mol. The van der Waals surface area contributed by atoms with Gasteiger partial charge in [0.05, 0.1) is 6.61 Å². The van der Waals surface area contributed by atoms with Gasteiger partial charge in [-0.05, 0) is 62.3 Å². The van der Waals surface area contributed by atoms with E-state index in [-0.39, 0.29) is 11.4 Å². The van der Waals surface area contributed by atoms with Crippen molar-refractivity contribution in [2.24, 2.45) is 17.6 Å². The van der Waals surface area contributed by atoms with Crippen molar-refractivity contribution in [3.8, 4) is 5.75 Å². The van der Waals surface area contributed by atoms with Crippen LogP contribution in [0, 0.1) is 11.8 Å². The summed E-state index contributed by atoms with van der Waals surface area (Å²) in [5.74, 6) is 1.95. The first-order valence-corrected chi connectivity index (χ1v) is 8.17. The molecule has 1 amide bonds. The third-order valence-corrected chi connectivity index (χ3v) is 4.02. The third kappa shape index (κ3) is 5.02.